The molecule has 4 heterocycles. The fraction of sp³-hybridized carbons (Fsp3) is 0.200. The summed E-state index contributed by atoms with van der Waals surface area (Å²) < 4.78 is 6.01. The molecule has 0 aliphatic heterocycles. The zero-order chi connectivity index (χ0) is 31.5. The van der Waals surface area contributed by atoms with Crippen molar-refractivity contribution in [3.05, 3.63) is 133 Å². The predicted molar refractivity (Wildman–Crippen MR) is 181 cm³/mol. The Hall–Kier alpha value is -4.47. The Morgan fingerprint density at radius 1 is 0.761 bits per heavy atom. The average molecular weight is 785 g/mol. The minimum absolute atomic E-state index is 0. The normalized spacial score (nSPS) is 12.0. The first-order valence-electron chi connectivity index (χ1n) is 15.4. The Morgan fingerprint density at radius 2 is 1.50 bits per heavy atom. The van der Waals surface area contributed by atoms with E-state index in [1.54, 1.807) is 0 Å². The van der Waals surface area contributed by atoms with E-state index in [0.29, 0.717) is 0 Å². The van der Waals surface area contributed by atoms with E-state index in [2.05, 4.69) is 125 Å². The molecule has 7 aromatic rings. The maximum Gasteiger partial charge on any atom is 2.00 e. The molecule has 0 spiro atoms. The maximum absolute atomic E-state index is 11.6. The number of benzene rings is 3. The largest absolute Gasteiger partial charge is 2.00 e. The molecule has 7 rings (SSSR count). The van der Waals surface area contributed by atoms with E-state index < -0.39 is 0 Å². The van der Waals surface area contributed by atoms with Crippen molar-refractivity contribution in [1.82, 2.24) is 14.0 Å². The number of aromatic hydroxyl groups is 1. The minimum Gasteiger partial charge on any atom is -0.511 e. The summed E-state index contributed by atoms with van der Waals surface area (Å²) in [6.07, 6.45) is 11.1. The molecule has 0 atom stereocenters. The number of aromatic nitrogens is 4. The van der Waals surface area contributed by atoms with Crippen molar-refractivity contribution in [2.75, 3.05) is 0 Å². The molecule has 0 amide bonds. The molecule has 0 radical (unpaired) electrons. The summed E-state index contributed by atoms with van der Waals surface area (Å²) in [6, 6.07) is 33.3. The first-order valence-corrected chi connectivity index (χ1v) is 15.4. The van der Waals surface area contributed by atoms with Crippen molar-refractivity contribution < 1.29 is 30.7 Å². The molecule has 0 unspecified atom stereocenters. The Balaban J connectivity index is 0.00000372. The van der Waals surface area contributed by atoms with Crippen LogP contribution in [0.4, 0.5) is 0 Å². The molecule has 232 valence electrons. The number of imidazole rings is 1. The second-order valence-electron chi connectivity index (χ2n) is 13.8. The van der Waals surface area contributed by atoms with Crippen LogP contribution in [-0.2, 0) is 31.9 Å². The number of hydrogen-bond acceptors (Lipinski definition) is 2. The fourth-order valence-corrected chi connectivity index (χ4v) is 5.97. The molecule has 0 aliphatic rings. The van der Waals surface area contributed by atoms with Gasteiger partial charge in [-0.25, -0.2) is 0 Å². The van der Waals surface area contributed by atoms with Crippen LogP contribution in [-0.4, -0.2) is 19.1 Å². The first-order chi connectivity index (χ1) is 21.5. The third-order valence-electron chi connectivity index (χ3n) is 8.49. The van der Waals surface area contributed by atoms with Crippen LogP contribution in [0.3, 0.4) is 0 Å². The van der Waals surface area contributed by atoms with Gasteiger partial charge >= 0.3 is 21.1 Å². The standard InChI is InChI=1S/C40H37N4O.Pt/c1-39(2,3)29-22-33(40(4,5)6)38(45)36(23-29)42-24-30-15-12-18-35(44(30)26-42)32-25-43(34-17-11-10-16-31(32)34)37-21-28(19-20-41-37)27-13-8-7-9-14-27;/h7-24,45H,1-6H3;/q-1;+2. The molecule has 6 heteroatoms. The Kier molecular flexibility index (Phi) is 8.02. The fourth-order valence-electron chi connectivity index (χ4n) is 5.97. The van der Waals surface area contributed by atoms with Crippen molar-refractivity contribution >= 4 is 16.4 Å². The van der Waals surface area contributed by atoms with Gasteiger partial charge in [0.2, 0.25) is 0 Å². The van der Waals surface area contributed by atoms with Gasteiger partial charge in [-0.2, -0.15) is 0 Å². The van der Waals surface area contributed by atoms with Crippen LogP contribution >= 0.6 is 0 Å². The Labute approximate surface area is 285 Å². The van der Waals surface area contributed by atoms with E-state index in [1.807, 2.05) is 51.9 Å². The van der Waals surface area contributed by atoms with Crippen LogP contribution in [0.15, 0.2) is 109 Å². The summed E-state index contributed by atoms with van der Waals surface area (Å²) >= 11 is 0. The molecule has 46 heavy (non-hydrogen) atoms. The first kappa shape index (κ1) is 31.5. The Morgan fingerprint density at radius 3 is 2.24 bits per heavy atom. The molecular formula is C40H37N4OPt+. The van der Waals surface area contributed by atoms with Crippen molar-refractivity contribution in [3.63, 3.8) is 0 Å². The zero-order valence-corrected chi connectivity index (χ0v) is 29.2. The number of pyridine rings is 2. The van der Waals surface area contributed by atoms with Crippen molar-refractivity contribution in [3.8, 4) is 39.6 Å². The van der Waals surface area contributed by atoms with E-state index >= 15 is 0 Å². The van der Waals surface area contributed by atoms with Gasteiger partial charge in [0.25, 0.3) is 6.33 Å². The summed E-state index contributed by atoms with van der Waals surface area (Å²) in [6.45, 7) is 13.0. The van der Waals surface area contributed by atoms with Gasteiger partial charge in [0.1, 0.15) is 11.4 Å². The molecule has 0 saturated heterocycles. The van der Waals surface area contributed by atoms with E-state index in [0.717, 1.165) is 55.9 Å². The number of phenols is 1. The van der Waals surface area contributed by atoms with Crippen LogP contribution in [0.1, 0.15) is 52.7 Å². The monoisotopic (exact) mass is 784 g/mol. The van der Waals surface area contributed by atoms with Gasteiger partial charge in [-0.1, -0.05) is 131 Å². The molecule has 0 aliphatic carbocycles. The molecule has 0 bridgehead atoms. The minimum atomic E-state index is -0.229. The third kappa shape index (κ3) is 5.58. The molecule has 3 aromatic carbocycles. The zero-order valence-electron chi connectivity index (χ0n) is 26.9. The van der Waals surface area contributed by atoms with Crippen molar-refractivity contribution in [2.24, 2.45) is 0 Å². The SMILES string of the molecule is CC(C)(C)c1cc(-[n+]2[c-]n3c(-c4[c-]n(-c5cc(-c6ccccc6)ccn5)c5ccccc45)cccc3c2)c(O)c(C(C)(C)C)c1.[Pt+2]. The summed E-state index contributed by atoms with van der Waals surface area (Å²) in [7, 11) is 0. The van der Waals surface area contributed by atoms with Gasteiger partial charge in [0.05, 0.1) is 17.0 Å². The molecule has 1 N–H and O–H groups in total. The quantitative estimate of drug-likeness (QED) is 0.143. The molecule has 0 fully saturated rings. The van der Waals surface area contributed by atoms with E-state index in [1.165, 1.54) is 5.56 Å². The average Bonchev–Trinajstić information content (AvgIpc) is 3.63. The van der Waals surface area contributed by atoms with Crippen molar-refractivity contribution in [1.29, 1.82) is 0 Å². The van der Waals surface area contributed by atoms with Crippen molar-refractivity contribution in [2.45, 2.75) is 52.4 Å². The second-order valence-corrected chi connectivity index (χ2v) is 13.8. The van der Waals surface area contributed by atoms with E-state index in [4.69, 9.17) is 4.98 Å². The molecule has 0 saturated carbocycles. The summed E-state index contributed by atoms with van der Waals surface area (Å²) in [5, 5.41) is 12.7. The van der Waals surface area contributed by atoms with Gasteiger partial charge in [-0.05, 0) is 63.0 Å². The molecule has 4 aromatic heterocycles. The number of phenolic OH excluding ortho intramolecular Hbond substituents is 1. The van der Waals surface area contributed by atoms with Gasteiger partial charge in [-0.3, -0.25) is 14.0 Å². The van der Waals surface area contributed by atoms with Crippen LogP contribution in [0.2, 0.25) is 0 Å². The number of nitrogens with zero attached hydrogens (tertiary/aromatic N) is 4. The Bertz CT molecular complexity index is 2200. The van der Waals surface area contributed by atoms with Crippen LogP contribution in [0, 0.1) is 12.5 Å². The number of hydrogen-bond donors (Lipinski definition) is 1. The van der Waals surface area contributed by atoms with Gasteiger partial charge in [0.15, 0.2) is 0 Å². The summed E-state index contributed by atoms with van der Waals surface area (Å²) in [5.74, 6) is 1.08. The van der Waals surface area contributed by atoms with Crippen LogP contribution in [0.25, 0.3) is 50.3 Å². The smallest absolute Gasteiger partial charge is 0.511 e. The van der Waals surface area contributed by atoms with Gasteiger partial charge < -0.3 is 9.67 Å². The number of para-hydroxylation sites is 1. The van der Waals surface area contributed by atoms with Gasteiger partial charge in [-0.15, -0.1) is 0 Å². The molecular weight excluding hydrogens is 748 g/mol. The molecule has 5 nitrogen and oxygen atoms in total. The van der Waals surface area contributed by atoms with Crippen LogP contribution < -0.4 is 4.57 Å². The number of fused-ring (bicyclic) bond motifs is 2. The maximum atomic E-state index is 11.6. The third-order valence-corrected chi connectivity index (χ3v) is 8.49. The van der Waals surface area contributed by atoms with E-state index in [-0.39, 0.29) is 37.6 Å². The van der Waals surface area contributed by atoms with E-state index in [9.17, 15) is 5.11 Å². The summed E-state index contributed by atoms with van der Waals surface area (Å²) in [4.78, 5) is 4.75. The van der Waals surface area contributed by atoms with Gasteiger partial charge in [0, 0.05) is 12.4 Å². The predicted octanol–water partition coefficient (Wildman–Crippen LogP) is 8.79. The number of rotatable bonds is 4. The van der Waals surface area contributed by atoms with Crippen LogP contribution in [0.5, 0.6) is 5.75 Å². The second kappa shape index (κ2) is 11.7. The summed E-state index contributed by atoms with van der Waals surface area (Å²) in [5.41, 5.74) is 8.60. The topological polar surface area (TPSA) is 46.3 Å².